The summed E-state index contributed by atoms with van der Waals surface area (Å²) in [4.78, 5) is 12.0. The molecule has 0 fully saturated rings. The Morgan fingerprint density at radius 1 is 1.27 bits per heavy atom. The number of aromatic nitrogens is 2. The molecular formula is C14H16FN3O2S2. The summed E-state index contributed by atoms with van der Waals surface area (Å²) in [5.74, 6) is -0.257. The van der Waals surface area contributed by atoms with E-state index < -0.39 is 6.10 Å². The van der Waals surface area contributed by atoms with Gasteiger partial charge in [-0.3, -0.25) is 10.1 Å². The molecule has 0 saturated heterocycles. The average molecular weight is 341 g/mol. The molecule has 5 nitrogen and oxygen atoms in total. The number of thioether (sulfide) groups is 1. The summed E-state index contributed by atoms with van der Waals surface area (Å²) < 4.78 is 19.1. The molecule has 0 saturated carbocycles. The number of anilines is 1. The molecule has 0 spiro atoms. The van der Waals surface area contributed by atoms with Gasteiger partial charge < -0.3 is 4.74 Å². The minimum atomic E-state index is -0.726. The van der Waals surface area contributed by atoms with Gasteiger partial charge in [-0.25, -0.2) is 4.39 Å². The first-order valence-corrected chi connectivity index (χ1v) is 8.37. The van der Waals surface area contributed by atoms with Crippen LogP contribution in [0.4, 0.5) is 9.52 Å². The van der Waals surface area contributed by atoms with Crippen LogP contribution in [0.5, 0.6) is 5.75 Å². The quantitative estimate of drug-likeness (QED) is 0.643. The summed E-state index contributed by atoms with van der Waals surface area (Å²) in [6.45, 7) is 5.73. The fourth-order valence-corrected chi connectivity index (χ4v) is 3.47. The van der Waals surface area contributed by atoms with Gasteiger partial charge in [-0.2, -0.15) is 0 Å². The van der Waals surface area contributed by atoms with Gasteiger partial charge >= 0.3 is 0 Å². The maximum Gasteiger partial charge on any atom is 0.266 e. The van der Waals surface area contributed by atoms with Gasteiger partial charge in [0.05, 0.1) is 0 Å². The van der Waals surface area contributed by atoms with E-state index in [-0.39, 0.29) is 11.7 Å². The van der Waals surface area contributed by atoms with Crippen molar-refractivity contribution >= 4 is 34.1 Å². The second-order valence-electron chi connectivity index (χ2n) is 4.74. The number of hydrogen-bond donors (Lipinski definition) is 1. The Kier molecular flexibility index (Phi) is 5.73. The van der Waals surface area contributed by atoms with E-state index in [1.54, 1.807) is 18.7 Å². The monoisotopic (exact) mass is 341 g/mol. The van der Waals surface area contributed by atoms with Crippen LogP contribution >= 0.6 is 23.1 Å². The lowest BCUT2D eigenvalue weighted by molar-refractivity contribution is -0.122. The predicted octanol–water partition coefficient (Wildman–Crippen LogP) is 3.58. The second-order valence-corrected chi connectivity index (χ2v) is 7.54. The van der Waals surface area contributed by atoms with Crippen molar-refractivity contribution in [3.63, 3.8) is 0 Å². The molecule has 1 atom stereocenters. The first kappa shape index (κ1) is 16.7. The Morgan fingerprint density at radius 2 is 1.95 bits per heavy atom. The highest BCUT2D eigenvalue weighted by Crippen LogP contribution is 2.28. The number of rotatable bonds is 6. The fraction of sp³-hybridized carbons (Fsp3) is 0.357. The number of ether oxygens (including phenoxy) is 1. The van der Waals surface area contributed by atoms with E-state index >= 15 is 0 Å². The smallest absolute Gasteiger partial charge is 0.266 e. The SMILES string of the molecule is CC(C)Sc1nnc(NC(=O)[C@@H](C)Oc2ccc(F)cc2)s1. The number of carbonyl (C=O) groups excluding carboxylic acids is 1. The summed E-state index contributed by atoms with van der Waals surface area (Å²) in [6, 6.07) is 5.50. The van der Waals surface area contributed by atoms with E-state index in [1.165, 1.54) is 35.6 Å². The average Bonchev–Trinajstić information content (AvgIpc) is 2.87. The van der Waals surface area contributed by atoms with Gasteiger partial charge in [0, 0.05) is 5.25 Å². The summed E-state index contributed by atoms with van der Waals surface area (Å²) in [6.07, 6.45) is -0.726. The zero-order chi connectivity index (χ0) is 16.1. The van der Waals surface area contributed by atoms with Gasteiger partial charge in [0.25, 0.3) is 5.91 Å². The lowest BCUT2D eigenvalue weighted by atomic mass is 10.3. The largest absolute Gasteiger partial charge is 0.481 e. The van der Waals surface area contributed by atoms with Crippen molar-refractivity contribution in [3.8, 4) is 5.75 Å². The number of nitrogens with zero attached hydrogens (tertiary/aromatic N) is 2. The second kappa shape index (κ2) is 7.55. The Labute approximate surface area is 136 Å². The van der Waals surface area contributed by atoms with Crippen molar-refractivity contribution in [1.29, 1.82) is 0 Å². The first-order chi connectivity index (χ1) is 10.4. The molecule has 0 aliphatic heterocycles. The topological polar surface area (TPSA) is 64.1 Å². The van der Waals surface area contributed by atoms with Gasteiger partial charge in [0.15, 0.2) is 10.4 Å². The molecule has 0 bridgehead atoms. The Morgan fingerprint density at radius 3 is 2.59 bits per heavy atom. The zero-order valence-corrected chi connectivity index (χ0v) is 14.0. The van der Waals surface area contributed by atoms with E-state index in [9.17, 15) is 9.18 Å². The molecule has 2 aromatic rings. The number of halogens is 1. The van der Waals surface area contributed by atoms with Crippen LogP contribution in [-0.2, 0) is 4.79 Å². The third-order valence-corrected chi connectivity index (χ3v) is 4.40. The zero-order valence-electron chi connectivity index (χ0n) is 12.4. The summed E-state index contributed by atoms with van der Waals surface area (Å²) >= 11 is 2.90. The Balaban J connectivity index is 1.90. The fourth-order valence-electron chi connectivity index (χ4n) is 1.49. The standard InChI is InChI=1S/C14H16FN3O2S2/c1-8(2)21-14-18-17-13(22-14)16-12(19)9(3)20-11-6-4-10(15)5-7-11/h4-9H,1-3H3,(H,16,17,19)/t9-/m1/s1. The molecule has 1 aromatic carbocycles. The summed E-state index contributed by atoms with van der Waals surface area (Å²) in [7, 11) is 0. The van der Waals surface area contributed by atoms with Crippen LogP contribution in [-0.4, -0.2) is 27.5 Å². The van der Waals surface area contributed by atoms with E-state index in [1.807, 2.05) is 0 Å². The Hall–Kier alpha value is -1.67. The predicted molar refractivity (Wildman–Crippen MR) is 86.0 cm³/mol. The minimum absolute atomic E-state index is 0.332. The van der Waals surface area contributed by atoms with Crippen molar-refractivity contribution in [3.05, 3.63) is 30.1 Å². The highest BCUT2D eigenvalue weighted by molar-refractivity contribution is 8.01. The van der Waals surface area contributed by atoms with Crippen molar-refractivity contribution in [2.24, 2.45) is 0 Å². The molecule has 1 N–H and O–H groups in total. The highest BCUT2D eigenvalue weighted by atomic mass is 32.2. The van der Waals surface area contributed by atoms with Gasteiger partial charge in [0.1, 0.15) is 11.6 Å². The molecule has 1 aromatic heterocycles. The summed E-state index contributed by atoms with van der Waals surface area (Å²) in [5, 5.41) is 11.4. The molecule has 0 aliphatic carbocycles. The van der Waals surface area contributed by atoms with Gasteiger partial charge in [-0.1, -0.05) is 36.9 Å². The molecule has 0 aliphatic rings. The van der Waals surface area contributed by atoms with Crippen LogP contribution in [0.2, 0.25) is 0 Å². The molecule has 0 radical (unpaired) electrons. The first-order valence-electron chi connectivity index (χ1n) is 6.67. The third kappa shape index (κ3) is 4.96. The van der Waals surface area contributed by atoms with Crippen LogP contribution in [0.1, 0.15) is 20.8 Å². The number of hydrogen-bond acceptors (Lipinski definition) is 6. The van der Waals surface area contributed by atoms with E-state index in [4.69, 9.17) is 4.74 Å². The number of nitrogens with one attached hydrogen (secondary N) is 1. The molecule has 0 unspecified atom stereocenters. The number of benzene rings is 1. The third-order valence-electron chi connectivity index (χ3n) is 2.47. The lowest BCUT2D eigenvalue weighted by Gasteiger charge is -2.13. The maximum absolute atomic E-state index is 12.8. The van der Waals surface area contributed by atoms with Gasteiger partial charge in [0.2, 0.25) is 5.13 Å². The number of carbonyl (C=O) groups is 1. The normalized spacial score (nSPS) is 12.2. The van der Waals surface area contributed by atoms with E-state index in [0.29, 0.717) is 16.1 Å². The van der Waals surface area contributed by atoms with Crippen molar-refractivity contribution in [2.45, 2.75) is 36.5 Å². The van der Waals surface area contributed by atoms with E-state index in [2.05, 4.69) is 29.4 Å². The highest BCUT2D eigenvalue weighted by Gasteiger charge is 2.17. The summed E-state index contributed by atoms with van der Waals surface area (Å²) in [5.41, 5.74) is 0. The Bertz CT molecular complexity index is 631. The van der Waals surface area contributed by atoms with Gasteiger partial charge in [-0.05, 0) is 31.2 Å². The lowest BCUT2D eigenvalue weighted by Crippen LogP contribution is -2.30. The van der Waals surface area contributed by atoms with Crippen LogP contribution in [0.25, 0.3) is 0 Å². The van der Waals surface area contributed by atoms with Crippen molar-refractivity contribution < 1.29 is 13.9 Å². The van der Waals surface area contributed by atoms with Crippen LogP contribution in [0, 0.1) is 5.82 Å². The van der Waals surface area contributed by atoms with Crippen LogP contribution in [0.3, 0.4) is 0 Å². The molecular weight excluding hydrogens is 325 g/mol. The minimum Gasteiger partial charge on any atom is -0.481 e. The van der Waals surface area contributed by atoms with Gasteiger partial charge in [-0.15, -0.1) is 10.2 Å². The number of amides is 1. The molecule has 22 heavy (non-hydrogen) atoms. The van der Waals surface area contributed by atoms with Crippen LogP contribution in [0.15, 0.2) is 28.6 Å². The van der Waals surface area contributed by atoms with Crippen molar-refractivity contribution in [2.75, 3.05) is 5.32 Å². The molecule has 1 heterocycles. The van der Waals surface area contributed by atoms with Crippen molar-refractivity contribution in [1.82, 2.24) is 10.2 Å². The van der Waals surface area contributed by atoms with E-state index in [0.717, 1.165) is 4.34 Å². The molecule has 1 amide bonds. The molecule has 8 heteroatoms. The maximum atomic E-state index is 12.8. The van der Waals surface area contributed by atoms with Crippen LogP contribution < -0.4 is 10.1 Å². The molecule has 2 rings (SSSR count). The molecule has 118 valence electrons.